The topological polar surface area (TPSA) is 90.0 Å². The number of Topliss-reactive ketones (excluding diaryl/α,β-unsaturated/α-hetero) is 1. The van der Waals surface area contributed by atoms with E-state index in [9.17, 15) is 18.0 Å². The van der Waals surface area contributed by atoms with Gasteiger partial charge in [-0.05, 0) is 49.2 Å². The lowest BCUT2D eigenvalue weighted by Crippen LogP contribution is -2.31. The van der Waals surface area contributed by atoms with Crippen molar-refractivity contribution in [2.24, 2.45) is 0 Å². The molecule has 0 bridgehead atoms. The van der Waals surface area contributed by atoms with Gasteiger partial charge >= 0.3 is 5.97 Å². The van der Waals surface area contributed by atoms with E-state index in [2.05, 4.69) is 0 Å². The number of ether oxygens (including phenoxy) is 2. The van der Waals surface area contributed by atoms with Crippen LogP contribution in [-0.2, 0) is 14.8 Å². The summed E-state index contributed by atoms with van der Waals surface area (Å²) < 4.78 is 37.3. The Kier molecular flexibility index (Phi) is 7.23. The van der Waals surface area contributed by atoms with E-state index < -0.39 is 22.6 Å². The number of sulfonamides is 1. The SMILES string of the molecule is COc1cccc(C(=O)COC(=O)c2ccc(S(=O)(=O)N3CCCCCC3)cc2)c1. The van der Waals surface area contributed by atoms with Gasteiger partial charge in [-0.3, -0.25) is 4.79 Å². The maximum absolute atomic E-state index is 12.8. The van der Waals surface area contributed by atoms with Crippen LogP contribution in [0.1, 0.15) is 46.4 Å². The summed E-state index contributed by atoms with van der Waals surface area (Å²) in [6, 6.07) is 12.2. The molecule has 3 rings (SSSR count). The van der Waals surface area contributed by atoms with E-state index >= 15 is 0 Å². The minimum Gasteiger partial charge on any atom is -0.497 e. The zero-order chi connectivity index (χ0) is 21.6. The molecule has 1 aliphatic heterocycles. The van der Waals surface area contributed by atoms with Crippen LogP contribution >= 0.6 is 0 Å². The van der Waals surface area contributed by atoms with Crippen LogP contribution in [0.15, 0.2) is 53.4 Å². The maximum atomic E-state index is 12.8. The van der Waals surface area contributed by atoms with Crippen molar-refractivity contribution in [1.82, 2.24) is 4.31 Å². The molecule has 0 aliphatic carbocycles. The van der Waals surface area contributed by atoms with Crippen LogP contribution in [0, 0.1) is 0 Å². The standard InChI is InChI=1S/C22H25NO6S/c1-28-19-8-6-7-18(15-19)21(24)16-29-22(25)17-9-11-20(12-10-17)30(26,27)23-13-4-2-3-5-14-23/h6-12,15H,2-5,13-14,16H2,1H3. The third-order valence-electron chi connectivity index (χ3n) is 5.02. The number of esters is 1. The predicted octanol–water partition coefficient (Wildman–Crippen LogP) is 3.30. The van der Waals surface area contributed by atoms with Crippen molar-refractivity contribution in [2.45, 2.75) is 30.6 Å². The van der Waals surface area contributed by atoms with Gasteiger partial charge in [0.2, 0.25) is 10.0 Å². The molecule has 7 nitrogen and oxygen atoms in total. The number of nitrogens with zero attached hydrogens (tertiary/aromatic N) is 1. The Bertz CT molecular complexity index is 993. The summed E-state index contributed by atoms with van der Waals surface area (Å²) in [7, 11) is -2.08. The molecule has 0 N–H and O–H groups in total. The van der Waals surface area contributed by atoms with Crippen molar-refractivity contribution in [3.8, 4) is 5.75 Å². The smallest absolute Gasteiger partial charge is 0.338 e. The van der Waals surface area contributed by atoms with Gasteiger partial charge in [0.05, 0.1) is 17.6 Å². The van der Waals surface area contributed by atoms with Crippen LogP contribution in [0.3, 0.4) is 0 Å². The first-order valence-corrected chi connectivity index (χ1v) is 11.3. The monoisotopic (exact) mass is 431 g/mol. The van der Waals surface area contributed by atoms with Crippen LogP contribution in [0.5, 0.6) is 5.75 Å². The molecule has 0 aromatic heterocycles. The highest BCUT2D eigenvalue weighted by Crippen LogP contribution is 2.21. The second-order valence-electron chi connectivity index (χ2n) is 7.07. The molecule has 0 unspecified atom stereocenters. The molecular weight excluding hydrogens is 406 g/mol. The second-order valence-corrected chi connectivity index (χ2v) is 9.01. The molecule has 1 heterocycles. The molecule has 160 valence electrons. The lowest BCUT2D eigenvalue weighted by molar-refractivity contribution is 0.0474. The Balaban J connectivity index is 1.62. The lowest BCUT2D eigenvalue weighted by atomic mass is 10.1. The average Bonchev–Trinajstić information content (AvgIpc) is 3.07. The van der Waals surface area contributed by atoms with Crippen LogP contribution in [0.4, 0.5) is 0 Å². The highest BCUT2D eigenvalue weighted by atomic mass is 32.2. The number of carbonyl (C=O) groups excluding carboxylic acids is 2. The molecule has 30 heavy (non-hydrogen) atoms. The highest BCUT2D eigenvalue weighted by Gasteiger charge is 2.25. The normalized spacial score (nSPS) is 15.2. The largest absolute Gasteiger partial charge is 0.497 e. The third kappa shape index (κ3) is 5.25. The molecule has 1 fully saturated rings. The molecule has 8 heteroatoms. The minimum absolute atomic E-state index is 0.147. The van der Waals surface area contributed by atoms with Crippen molar-refractivity contribution in [3.63, 3.8) is 0 Å². The molecule has 1 saturated heterocycles. The van der Waals surface area contributed by atoms with Crippen LogP contribution in [0.2, 0.25) is 0 Å². The average molecular weight is 432 g/mol. The van der Waals surface area contributed by atoms with E-state index in [1.165, 1.54) is 35.7 Å². The number of ketones is 1. The number of hydrogen-bond donors (Lipinski definition) is 0. The number of methoxy groups -OCH3 is 1. The molecule has 0 saturated carbocycles. The highest BCUT2D eigenvalue weighted by molar-refractivity contribution is 7.89. The van der Waals surface area contributed by atoms with Crippen molar-refractivity contribution < 1.29 is 27.5 Å². The van der Waals surface area contributed by atoms with Gasteiger partial charge in [0.25, 0.3) is 0 Å². The zero-order valence-corrected chi connectivity index (χ0v) is 17.7. The summed E-state index contributed by atoms with van der Waals surface area (Å²) in [4.78, 5) is 24.6. The van der Waals surface area contributed by atoms with Crippen LogP contribution in [0.25, 0.3) is 0 Å². The van der Waals surface area contributed by atoms with Crippen molar-refractivity contribution >= 4 is 21.8 Å². The molecule has 0 radical (unpaired) electrons. The number of benzene rings is 2. The first-order chi connectivity index (χ1) is 14.4. The molecule has 0 spiro atoms. The Labute approximate surface area is 176 Å². The summed E-state index contributed by atoms with van der Waals surface area (Å²) in [5, 5.41) is 0. The first-order valence-electron chi connectivity index (χ1n) is 9.86. The Morgan fingerprint density at radius 2 is 1.60 bits per heavy atom. The quantitative estimate of drug-likeness (QED) is 0.494. The van der Waals surface area contributed by atoms with Gasteiger partial charge in [0, 0.05) is 18.7 Å². The van der Waals surface area contributed by atoms with Gasteiger partial charge in [-0.15, -0.1) is 0 Å². The molecule has 0 atom stereocenters. The molecule has 1 aliphatic rings. The van der Waals surface area contributed by atoms with E-state index in [-0.39, 0.29) is 16.2 Å². The molecule has 2 aromatic carbocycles. The Morgan fingerprint density at radius 1 is 0.933 bits per heavy atom. The van der Waals surface area contributed by atoms with Crippen LogP contribution < -0.4 is 4.74 Å². The number of carbonyl (C=O) groups is 2. The van der Waals surface area contributed by atoms with Crippen molar-refractivity contribution in [2.75, 3.05) is 26.8 Å². The third-order valence-corrected chi connectivity index (χ3v) is 6.93. The summed E-state index contributed by atoms with van der Waals surface area (Å²) in [6.07, 6.45) is 3.77. The van der Waals surface area contributed by atoms with Gasteiger partial charge in [0.15, 0.2) is 12.4 Å². The van der Waals surface area contributed by atoms with E-state index in [1.807, 2.05) is 0 Å². The fourth-order valence-corrected chi connectivity index (χ4v) is 4.81. The molecule has 2 aromatic rings. The number of hydrogen-bond acceptors (Lipinski definition) is 6. The van der Waals surface area contributed by atoms with Crippen LogP contribution in [-0.4, -0.2) is 51.3 Å². The Hall–Kier alpha value is -2.71. The van der Waals surface area contributed by atoms with E-state index in [0.29, 0.717) is 24.4 Å². The van der Waals surface area contributed by atoms with Crippen molar-refractivity contribution in [1.29, 1.82) is 0 Å². The fraction of sp³-hybridized carbons (Fsp3) is 0.364. The molecular formula is C22H25NO6S. The summed E-state index contributed by atoms with van der Waals surface area (Å²) in [6.45, 7) is 0.608. The fourth-order valence-electron chi connectivity index (χ4n) is 3.29. The number of rotatable bonds is 7. The summed E-state index contributed by atoms with van der Waals surface area (Å²) in [5.74, 6) is -0.513. The minimum atomic E-state index is -3.58. The van der Waals surface area contributed by atoms with Gasteiger partial charge in [0.1, 0.15) is 5.75 Å². The zero-order valence-electron chi connectivity index (χ0n) is 16.9. The van der Waals surface area contributed by atoms with Gasteiger partial charge in [-0.1, -0.05) is 25.0 Å². The first kappa shape index (κ1) is 22.0. The summed E-state index contributed by atoms with van der Waals surface area (Å²) in [5.41, 5.74) is 0.560. The van der Waals surface area contributed by atoms with E-state index in [0.717, 1.165) is 25.7 Å². The van der Waals surface area contributed by atoms with E-state index in [1.54, 1.807) is 24.3 Å². The van der Waals surface area contributed by atoms with Gasteiger partial charge in [-0.25, -0.2) is 13.2 Å². The molecule has 0 amide bonds. The maximum Gasteiger partial charge on any atom is 0.338 e. The predicted molar refractivity (Wildman–Crippen MR) is 111 cm³/mol. The lowest BCUT2D eigenvalue weighted by Gasteiger charge is -2.19. The van der Waals surface area contributed by atoms with Gasteiger partial charge in [-0.2, -0.15) is 4.31 Å². The van der Waals surface area contributed by atoms with E-state index in [4.69, 9.17) is 9.47 Å². The van der Waals surface area contributed by atoms with Crippen molar-refractivity contribution in [3.05, 3.63) is 59.7 Å². The summed E-state index contributed by atoms with van der Waals surface area (Å²) >= 11 is 0. The van der Waals surface area contributed by atoms with Gasteiger partial charge < -0.3 is 9.47 Å². The Morgan fingerprint density at radius 3 is 2.23 bits per heavy atom. The second kappa shape index (κ2) is 9.86.